The largest absolute Gasteiger partial charge is 0.385 e. The third-order valence-electron chi connectivity index (χ3n) is 2.65. The lowest BCUT2D eigenvalue weighted by molar-refractivity contribution is 0.195. The van der Waals surface area contributed by atoms with Crippen molar-refractivity contribution in [2.75, 3.05) is 33.4 Å². The zero-order valence-electron chi connectivity index (χ0n) is 12.7. The molecule has 0 amide bonds. The van der Waals surface area contributed by atoms with Gasteiger partial charge in [0.15, 0.2) is 5.96 Å². The highest BCUT2D eigenvalue weighted by atomic mass is 32.1. The average molecular weight is 298 g/mol. The van der Waals surface area contributed by atoms with E-state index in [2.05, 4.69) is 32.9 Å². The molecule has 0 aliphatic heterocycles. The summed E-state index contributed by atoms with van der Waals surface area (Å²) in [6.45, 7) is 7.46. The predicted octanol–water partition coefficient (Wildman–Crippen LogP) is 1.98. The van der Waals surface area contributed by atoms with E-state index in [-0.39, 0.29) is 0 Å². The number of guanidine groups is 1. The monoisotopic (exact) mass is 298 g/mol. The third kappa shape index (κ3) is 7.45. The van der Waals surface area contributed by atoms with Gasteiger partial charge >= 0.3 is 0 Å². The molecule has 0 unspecified atom stereocenters. The average Bonchev–Trinajstić information content (AvgIpc) is 2.85. The van der Waals surface area contributed by atoms with Crippen molar-refractivity contribution < 1.29 is 4.74 Å². The molecule has 114 valence electrons. The molecular weight excluding hydrogens is 272 g/mol. The van der Waals surface area contributed by atoms with Gasteiger partial charge in [0.1, 0.15) is 0 Å². The molecule has 2 N–H and O–H groups in total. The molecule has 0 spiro atoms. The molecule has 6 heteroatoms. The van der Waals surface area contributed by atoms with Crippen LogP contribution in [0.1, 0.15) is 30.5 Å². The number of aryl methyl sites for hydroxylation is 2. The van der Waals surface area contributed by atoms with Crippen LogP contribution in [0.25, 0.3) is 0 Å². The van der Waals surface area contributed by atoms with Gasteiger partial charge in [-0.05, 0) is 26.7 Å². The Labute approximate surface area is 125 Å². The van der Waals surface area contributed by atoms with Crippen LogP contribution in [0, 0.1) is 6.92 Å². The molecule has 5 nitrogen and oxygen atoms in total. The fraction of sp³-hybridized carbons (Fsp3) is 0.714. The van der Waals surface area contributed by atoms with Crippen molar-refractivity contribution in [2.45, 2.75) is 33.1 Å². The van der Waals surface area contributed by atoms with Gasteiger partial charge in [-0.25, -0.2) is 4.98 Å². The van der Waals surface area contributed by atoms with Crippen LogP contribution < -0.4 is 10.6 Å². The molecule has 0 aromatic carbocycles. The highest BCUT2D eigenvalue weighted by molar-refractivity contribution is 7.09. The van der Waals surface area contributed by atoms with Crippen LogP contribution in [0.15, 0.2) is 10.4 Å². The maximum absolute atomic E-state index is 5.03. The molecule has 0 bridgehead atoms. The maximum atomic E-state index is 5.03. The van der Waals surface area contributed by atoms with Gasteiger partial charge in [-0.3, -0.25) is 4.99 Å². The smallest absolute Gasteiger partial charge is 0.191 e. The van der Waals surface area contributed by atoms with Crippen LogP contribution in [0.3, 0.4) is 0 Å². The Kier molecular flexibility index (Phi) is 8.98. The summed E-state index contributed by atoms with van der Waals surface area (Å²) in [6.07, 6.45) is 3.02. The van der Waals surface area contributed by atoms with Crippen LogP contribution >= 0.6 is 11.3 Å². The molecule has 0 aliphatic rings. The van der Waals surface area contributed by atoms with Crippen molar-refractivity contribution in [1.82, 2.24) is 15.6 Å². The molecule has 0 fully saturated rings. The Bertz CT molecular complexity index is 392. The normalized spacial score (nSPS) is 11.7. The maximum Gasteiger partial charge on any atom is 0.191 e. The second-order valence-corrected chi connectivity index (χ2v) is 5.46. The van der Waals surface area contributed by atoms with E-state index in [4.69, 9.17) is 4.74 Å². The summed E-state index contributed by atoms with van der Waals surface area (Å²) in [5.41, 5.74) is 1.11. The van der Waals surface area contributed by atoms with Crippen molar-refractivity contribution in [3.63, 3.8) is 0 Å². The quantitative estimate of drug-likeness (QED) is 0.416. The molecule has 0 saturated carbocycles. The van der Waals surface area contributed by atoms with E-state index >= 15 is 0 Å². The van der Waals surface area contributed by atoms with Gasteiger partial charge in [0.2, 0.25) is 0 Å². The second-order valence-electron chi connectivity index (χ2n) is 4.52. The lowest BCUT2D eigenvalue weighted by Gasteiger charge is -2.10. The standard InChI is InChI=1S/C14H26N4OS/c1-4-15-14(17-9-6-10-19-3)16-8-5-7-13-18-12(2)11-20-13/h11H,4-10H2,1-3H3,(H2,15,16,17). The minimum absolute atomic E-state index is 0.774. The summed E-state index contributed by atoms with van der Waals surface area (Å²) in [7, 11) is 1.72. The Hall–Kier alpha value is -1.14. The number of methoxy groups -OCH3 is 1. The van der Waals surface area contributed by atoms with Gasteiger partial charge in [-0.2, -0.15) is 0 Å². The molecule has 0 atom stereocenters. The Morgan fingerprint density at radius 1 is 1.40 bits per heavy atom. The lowest BCUT2D eigenvalue weighted by Crippen LogP contribution is -2.38. The fourth-order valence-electron chi connectivity index (χ4n) is 1.70. The first-order chi connectivity index (χ1) is 9.76. The van der Waals surface area contributed by atoms with E-state index in [1.165, 1.54) is 5.01 Å². The number of nitrogens with zero attached hydrogens (tertiary/aromatic N) is 2. The highest BCUT2D eigenvalue weighted by Crippen LogP contribution is 2.10. The van der Waals surface area contributed by atoms with E-state index in [0.29, 0.717) is 0 Å². The number of thiazole rings is 1. The minimum atomic E-state index is 0.774. The summed E-state index contributed by atoms with van der Waals surface area (Å²) in [6, 6.07) is 0. The summed E-state index contributed by atoms with van der Waals surface area (Å²) in [5.74, 6) is 0.888. The molecule has 1 aromatic rings. The number of aliphatic imine (C=N–C) groups is 1. The Balaban J connectivity index is 2.23. The van der Waals surface area contributed by atoms with Crippen LogP contribution in [-0.2, 0) is 11.2 Å². The molecule has 0 aliphatic carbocycles. The van der Waals surface area contributed by atoms with Crippen molar-refractivity contribution in [2.24, 2.45) is 4.99 Å². The summed E-state index contributed by atoms with van der Waals surface area (Å²) in [5, 5.41) is 9.85. The van der Waals surface area contributed by atoms with Crippen LogP contribution in [0.2, 0.25) is 0 Å². The van der Waals surface area contributed by atoms with Gasteiger partial charge < -0.3 is 15.4 Å². The molecule has 20 heavy (non-hydrogen) atoms. The third-order valence-corrected chi connectivity index (χ3v) is 3.67. The van der Waals surface area contributed by atoms with E-state index in [1.807, 2.05) is 6.92 Å². The van der Waals surface area contributed by atoms with E-state index < -0.39 is 0 Å². The fourth-order valence-corrected chi connectivity index (χ4v) is 2.52. The van der Waals surface area contributed by atoms with Crippen molar-refractivity contribution in [1.29, 1.82) is 0 Å². The van der Waals surface area contributed by atoms with Crippen LogP contribution in [0.5, 0.6) is 0 Å². The predicted molar refractivity (Wildman–Crippen MR) is 85.6 cm³/mol. The molecule has 0 saturated heterocycles. The molecule has 1 aromatic heterocycles. The van der Waals surface area contributed by atoms with Crippen molar-refractivity contribution >= 4 is 17.3 Å². The highest BCUT2D eigenvalue weighted by Gasteiger charge is 1.99. The van der Waals surface area contributed by atoms with Crippen LogP contribution in [0.4, 0.5) is 0 Å². The molecule has 1 rings (SSSR count). The Morgan fingerprint density at radius 2 is 2.25 bits per heavy atom. The summed E-state index contributed by atoms with van der Waals surface area (Å²) >= 11 is 1.73. The van der Waals surface area contributed by atoms with Gasteiger partial charge in [0.25, 0.3) is 0 Å². The van der Waals surface area contributed by atoms with E-state index in [0.717, 1.165) is 57.2 Å². The van der Waals surface area contributed by atoms with Crippen LogP contribution in [-0.4, -0.2) is 44.3 Å². The number of rotatable bonds is 9. The number of hydrogen-bond donors (Lipinski definition) is 2. The van der Waals surface area contributed by atoms with Gasteiger partial charge in [-0.15, -0.1) is 11.3 Å². The molecule has 0 radical (unpaired) electrons. The van der Waals surface area contributed by atoms with E-state index in [1.54, 1.807) is 18.4 Å². The van der Waals surface area contributed by atoms with Crippen molar-refractivity contribution in [3.8, 4) is 0 Å². The Morgan fingerprint density at radius 3 is 2.90 bits per heavy atom. The van der Waals surface area contributed by atoms with Gasteiger partial charge in [0, 0.05) is 50.8 Å². The number of nitrogens with one attached hydrogen (secondary N) is 2. The van der Waals surface area contributed by atoms with Gasteiger partial charge in [0.05, 0.1) is 5.01 Å². The van der Waals surface area contributed by atoms with E-state index in [9.17, 15) is 0 Å². The van der Waals surface area contributed by atoms with Gasteiger partial charge in [-0.1, -0.05) is 0 Å². The SMILES string of the molecule is CCNC(=NCCCc1nc(C)cs1)NCCCOC. The number of ether oxygens (including phenoxy) is 1. The summed E-state index contributed by atoms with van der Waals surface area (Å²) in [4.78, 5) is 9.02. The van der Waals surface area contributed by atoms with Crippen molar-refractivity contribution in [3.05, 3.63) is 16.1 Å². The minimum Gasteiger partial charge on any atom is -0.385 e. The first-order valence-electron chi connectivity index (χ1n) is 7.18. The first-order valence-corrected chi connectivity index (χ1v) is 8.06. The second kappa shape index (κ2) is 10.6. The number of hydrogen-bond acceptors (Lipinski definition) is 4. The summed E-state index contributed by atoms with van der Waals surface area (Å²) < 4.78 is 5.03. The topological polar surface area (TPSA) is 58.5 Å². The first kappa shape index (κ1) is 16.9. The molecule has 1 heterocycles. The zero-order chi connectivity index (χ0) is 14.6. The zero-order valence-corrected chi connectivity index (χ0v) is 13.6. The lowest BCUT2D eigenvalue weighted by atomic mass is 10.3. The molecular formula is C14H26N4OS. The number of aromatic nitrogens is 1.